The summed E-state index contributed by atoms with van der Waals surface area (Å²) >= 11 is 0. The molecule has 76 valence electrons. The minimum atomic E-state index is -1.24. The number of carbonyl (C=O) groups is 2. The van der Waals surface area contributed by atoms with E-state index in [1.54, 1.807) is 0 Å². The molecule has 0 saturated carbocycles. The number of carboxylic acids is 1. The lowest BCUT2D eigenvalue weighted by Crippen LogP contribution is -2.55. The Bertz CT molecular complexity index is 206. The summed E-state index contributed by atoms with van der Waals surface area (Å²) in [4.78, 5) is 20.9. The molecule has 7 heteroatoms. The van der Waals surface area contributed by atoms with Crippen molar-refractivity contribution in [2.75, 3.05) is 7.05 Å². The quantitative estimate of drug-likeness (QED) is 0.397. The summed E-state index contributed by atoms with van der Waals surface area (Å²) in [6, 6.07) is -2.10. The molecule has 0 spiro atoms. The van der Waals surface area contributed by atoms with Crippen LogP contribution in [0.25, 0.3) is 0 Å². The number of likely N-dealkylation sites (N-methyl/N-ethyl adjacent to an activating group) is 1. The van der Waals surface area contributed by atoms with Gasteiger partial charge in [0.15, 0.2) is 6.04 Å². The van der Waals surface area contributed by atoms with E-state index in [0.717, 1.165) is 5.01 Å². The van der Waals surface area contributed by atoms with E-state index in [-0.39, 0.29) is 0 Å². The first-order valence-electron chi connectivity index (χ1n) is 3.56. The second kappa shape index (κ2) is 4.63. The number of carboxylic acid groups (broad SMARTS) is 1. The van der Waals surface area contributed by atoms with E-state index in [9.17, 15) is 9.59 Å². The van der Waals surface area contributed by atoms with Crippen LogP contribution < -0.4 is 11.2 Å². The zero-order chi connectivity index (χ0) is 10.6. The van der Waals surface area contributed by atoms with Crippen molar-refractivity contribution >= 4 is 12.0 Å². The molecular weight excluding hydrogens is 178 g/mol. The zero-order valence-electron chi connectivity index (χ0n) is 7.39. The topological polar surface area (TPSA) is 116 Å². The van der Waals surface area contributed by atoms with Crippen LogP contribution in [0.1, 0.15) is 6.92 Å². The number of hydrogen-bond donors (Lipinski definition) is 4. The summed E-state index contributed by atoms with van der Waals surface area (Å²) in [5.41, 5.74) is 6.80. The number of nitrogens with two attached hydrogens (primary N) is 1. The molecule has 7 nitrogen and oxygen atoms in total. The van der Waals surface area contributed by atoms with Gasteiger partial charge in [0.25, 0.3) is 0 Å². The van der Waals surface area contributed by atoms with Crippen LogP contribution in [0.5, 0.6) is 0 Å². The van der Waals surface area contributed by atoms with Crippen LogP contribution in [0.3, 0.4) is 0 Å². The second-order valence-corrected chi connectivity index (χ2v) is 2.61. The van der Waals surface area contributed by atoms with Crippen molar-refractivity contribution in [1.29, 1.82) is 0 Å². The third kappa shape index (κ3) is 3.72. The third-order valence-electron chi connectivity index (χ3n) is 1.41. The van der Waals surface area contributed by atoms with Crippen molar-refractivity contribution in [3.8, 4) is 0 Å². The Hall–Kier alpha value is -1.34. The van der Waals surface area contributed by atoms with Gasteiger partial charge in [-0.2, -0.15) is 0 Å². The Morgan fingerprint density at radius 3 is 2.23 bits per heavy atom. The number of aliphatic hydroxyl groups excluding tert-OH is 1. The predicted molar refractivity (Wildman–Crippen MR) is 43.6 cm³/mol. The first kappa shape index (κ1) is 11.7. The van der Waals surface area contributed by atoms with Gasteiger partial charge in [-0.1, -0.05) is 0 Å². The molecule has 0 bridgehead atoms. The Kier molecular flexibility index (Phi) is 4.15. The minimum absolute atomic E-state index is 0.880. The number of carbonyl (C=O) groups excluding carboxylic acids is 1. The van der Waals surface area contributed by atoms with Crippen LogP contribution in [0.15, 0.2) is 0 Å². The molecule has 0 saturated heterocycles. The fraction of sp³-hybridized carbons (Fsp3) is 0.667. The third-order valence-corrected chi connectivity index (χ3v) is 1.41. The molecule has 0 rings (SSSR count). The average Bonchev–Trinajstić information content (AvgIpc) is 1.81. The van der Waals surface area contributed by atoms with Crippen molar-refractivity contribution in [1.82, 2.24) is 10.4 Å². The van der Waals surface area contributed by atoms with Gasteiger partial charge in [0.2, 0.25) is 0 Å². The van der Waals surface area contributed by atoms with E-state index < -0.39 is 24.1 Å². The SMILES string of the molecule is C[C@@H](O)[C@@H](C(=O)O)N(C)NC(N)=O. The van der Waals surface area contributed by atoms with Crippen LogP contribution in [0.4, 0.5) is 4.79 Å². The Labute approximate surface area is 75.1 Å². The molecule has 0 aromatic carbocycles. The molecular formula is C6H13N3O4. The van der Waals surface area contributed by atoms with Crippen LogP contribution in [0.2, 0.25) is 0 Å². The van der Waals surface area contributed by atoms with E-state index in [1.807, 2.05) is 5.43 Å². The van der Waals surface area contributed by atoms with Crippen LogP contribution in [-0.2, 0) is 4.79 Å². The van der Waals surface area contributed by atoms with Gasteiger partial charge < -0.3 is 15.9 Å². The molecule has 0 aliphatic carbocycles. The Balaban J connectivity index is 4.37. The first-order valence-corrected chi connectivity index (χ1v) is 3.56. The Morgan fingerprint density at radius 2 is 2.00 bits per heavy atom. The predicted octanol–water partition coefficient (Wildman–Crippen LogP) is -1.66. The molecule has 0 heterocycles. The maximum absolute atomic E-state index is 10.6. The number of nitrogens with one attached hydrogen (secondary N) is 1. The van der Waals surface area contributed by atoms with E-state index in [0.29, 0.717) is 0 Å². The number of urea groups is 1. The lowest BCUT2D eigenvalue weighted by molar-refractivity contribution is -0.147. The lowest BCUT2D eigenvalue weighted by atomic mass is 10.2. The van der Waals surface area contributed by atoms with Gasteiger partial charge >= 0.3 is 12.0 Å². The van der Waals surface area contributed by atoms with Crippen LogP contribution >= 0.6 is 0 Å². The smallest absolute Gasteiger partial charge is 0.326 e. The number of amides is 2. The second-order valence-electron chi connectivity index (χ2n) is 2.61. The largest absolute Gasteiger partial charge is 0.480 e. The van der Waals surface area contributed by atoms with Gasteiger partial charge in [0, 0.05) is 7.05 Å². The number of rotatable bonds is 4. The number of aliphatic carboxylic acids is 1. The fourth-order valence-corrected chi connectivity index (χ4v) is 0.939. The molecule has 0 aromatic rings. The van der Waals surface area contributed by atoms with Crippen molar-refractivity contribution in [3.63, 3.8) is 0 Å². The van der Waals surface area contributed by atoms with Crippen LogP contribution in [0, 0.1) is 0 Å². The van der Waals surface area contributed by atoms with Crippen LogP contribution in [-0.4, -0.2) is 46.4 Å². The number of primary amides is 1. The standard InChI is InChI=1S/C6H13N3O4/c1-3(10)4(5(11)12)9(2)8-6(7)13/h3-4,10H,1-2H3,(H,11,12)(H3,7,8,13)/t3-,4+/m1/s1. The number of hydrazine groups is 1. The lowest BCUT2D eigenvalue weighted by Gasteiger charge is -2.25. The molecule has 0 aliphatic rings. The van der Waals surface area contributed by atoms with Gasteiger partial charge in [0.05, 0.1) is 6.10 Å². The highest BCUT2D eigenvalue weighted by Gasteiger charge is 2.28. The van der Waals surface area contributed by atoms with E-state index >= 15 is 0 Å². The molecule has 0 aromatic heterocycles. The van der Waals surface area contributed by atoms with E-state index in [1.165, 1.54) is 14.0 Å². The highest BCUT2D eigenvalue weighted by molar-refractivity contribution is 5.76. The Morgan fingerprint density at radius 1 is 1.54 bits per heavy atom. The number of aliphatic hydroxyl groups is 1. The fourth-order valence-electron chi connectivity index (χ4n) is 0.939. The summed E-state index contributed by atoms with van der Waals surface area (Å²) in [6.07, 6.45) is -1.12. The maximum atomic E-state index is 10.6. The normalized spacial score (nSPS) is 15.1. The maximum Gasteiger partial charge on any atom is 0.326 e. The molecule has 2 amide bonds. The van der Waals surface area contributed by atoms with Crippen molar-refractivity contribution in [2.24, 2.45) is 5.73 Å². The number of hydrogen-bond acceptors (Lipinski definition) is 4. The molecule has 0 unspecified atom stereocenters. The first-order chi connectivity index (χ1) is 5.86. The molecule has 0 aliphatic heterocycles. The van der Waals surface area contributed by atoms with Crippen molar-refractivity contribution < 1.29 is 19.8 Å². The summed E-state index contributed by atoms with van der Waals surface area (Å²) in [6.45, 7) is 1.30. The molecule has 2 atom stereocenters. The van der Waals surface area contributed by atoms with E-state index in [2.05, 4.69) is 0 Å². The summed E-state index contributed by atoms with van der Waals surface area (Å²) in [5.74, 6) is -1.24. The molecule has 0 fully saturated rings. The van der Waals surface area contributed by atoms with Gasteiger partial charge in [-0.25, -0.2) is 9.80 Å². The minimum Gasteiger partial charge on any atom is -0.480 e. The highest BCUT2D eigenvalue weighted by atomic mass is 16.4. The zero-order valence-corrected chi connectivity index (χ0v) is 7.39. The highest BCUT2D eigenvalue weighted by Crippen LogP contribution is 1.99. The molecule has 5 N–H and O–H groups in total. The summed E-state index contributed by atoms with van der Waals surface area (Å²) in [5, 5.41) is 18.6. The van der Waals surface area contributed by atoms with Gasteiger partial charge in [0.1, 0.15) is 0 Å². The van der Waals surface area contributed by atoms with Gasteiger partial charge in [-0.05, 0) is 6.92 Å². The average molecular weight is 191 g/mol. The number of nitrogens with zero attached hydrogens (tertiary/aromatic N) is 1. The van der Waals surface area contributed by atoms with Crippen molar-refractivity contribution in [2.45, 2.75) is 19.1 Å². The molecule has 13 heavy (non-hydrogen) atoms. The summed E-state index contributed by atoms with van der Waals surface area (Å²) in [7, 11) is 1.30. The van der Waals surface area contributed by atoms with E-state index in [4.69, 9.17) is 15.9 Å². The molecule has 0 radical (unpaired) electrons. The van der Waals surface area contributed by atoms with Gasteiger partial charge in [-0.15, -0.1) is 0 Å². The van der Waals surface area contributed by atoms with Crippen molar-refractivity contribution in [3.05, 3.63) is 0 Å². The van der Waals surface area contributed by atoms with Gasteiger partial charge in [-0.3, -0.25) is 10.2 Å². The monoisotopic (exact) mass is 191 g/mol. The summed E-state index contributed by atoms with van der Waals surface area (Å²) < 4.78 is 0.